The van der Waals surface area contributed by atoms with Crippen LogP contribution >= 0.6 is 11.3 Å². The molecule has 0 aliphatic rings. The molecule has 0 fully saturated rings. The van der Waals surface area contributed by atoms with Crippen molar-refractivity contribution >= 4 is 28.2 Å². The maximum Gasteiger partial charge on any atom is 0.426 e. The lowest BCUT2D eigenvalue weighted by atomic mass is 10.1. The summed E-state index contributed by atoms with van der Waals surface area (Å²) in [6.45, 7) is 2.17. The summed E-state index contributed by atoms with van der Waals surface area (Å²) >= 11 is 0.706. The summed E-state index contributed by atoms with van der Waals surface area (Å²) in [5.74, 6) is 0.332. The van der Waals surface area contributed by atoms with E-state index in [0.717, 1.165) is 16.6 Å². The van der Waals surface area contributed by atoms with E-state index in [0.29, 0.717) is 47.0 Å². The number of rotatable bonds is 8. The summed E-state index contributed by atoms with van der Waals surface area (Å²) in [5, 5.41) is 0.936. The molecule has 4 rings (SSSR count). The predicted octanol–water partition coefficient (Wildman–Crippen LogP) is 7.00. The fourth-order valence-electron chi connectivity index (χ4n) is 3.89. The highest BCUT2D eigenvalue weighted by Crippen LogP contribution is 2.43. The molecule has 0 saturated heterocycles. The van der Waals surface area contributed by atoms with Crippen LogP contribution in [0.3, 0.4) is 0 Å². The fraction of sp³-hybridized carbons (Fsp3) is 0.269. The number of carbonyl (C=O) groups is 1. The molecule has 0 unspecified atom stereocenters. The molecule has 2 aromatic carbocycles. The van der Waals surface area contributed by atoms with Crippen LogP contribution in [0.15, 0.2) is 60.7 Å². The number of hydrogen-bond acceptors (Lipinski definition) is 4. The van der Waals surface area contributed by atoms with E-state index in [-0.39, 0.29) is 18.1 Å². The van der Waals surface area contributed by atoms with Crippen LogP contribution in [0, 0.1) is 0 Å². The predicted molar refractivity (Wildman–Crippen MR) is 127 cm³/mol. The van der Waals surface area contributed by atoms with Crippen LogP contribution < -0.4 is 4.74 Å². The molecular formula is C26H24F3NO3S. The van der Waals surface area contributed by atoms with Gasteiger partial charge in [0, 0.05) is 34.1 Å². The minimum Gasteiger partial charge on any atom is -0.488 e. The zero-order valence-corrected chi connectivity index (χ0v) is 19.6. The number of ether oxygens (including phenoxy) is 2. The van der Waals surface area contributed by atoms with Crippen LogP contribution in [0.4, 0.5) is 13.2 Å². The Balaban J connectivity index is 1.51. The number of aryl methyl sites for hydroxylation is 2. The van der Waals surface area contributed by atoms with Crippen molar-refractivity contribution in [3.63, 3.8) is 0 Å². The first-order valence-electron chi connectivity index (χ1n) is 10.9. The van der Waals surface area contributed by atoms with Gasteiger partial charge in [-0.15, -0.1) is 11.3 Å². The maximum atomic E-state index is 13.6. The number of benzene rings is 2. The number of esters is 1. The SMILES string of the molecule is CCOC(=O)CCc1cc2cc(OCc3cc(-c4ccccc4)c(C(F)(F)F)s3)ccc2n1C. The highest BCUT2D eigenvalue weighted by Gasteiger charge is 2.36. The zero-order chi connectivity index (χ0) is 24.3. The fourth-order valence-corrected chi connectivity index (χ4v) is 4.85. The molecule has 4 nitrogen and oxygen atoms in total. The average Bonchev–Trinajstić information content (AvgIpc) is 3.38. The third kappa shape index (κ3) is 5.28. The highest BCUT2D eigenvalue weighted by atomic mass is 32.1. The number of aromatic nitrogens is 1. The Morgan fingerprint density at radius 2 is 1.82 bits per heavy atom. The van der Waals surface area contributed by atoms with Crippen LogP contribution in [0.25, 0.3) is 22.0 Å². The Bertz CT molecular complexity index is 1290. The van der Waals surface area contributed by atoms with Gasteiger partial charge in [0.1, 0.15) is 17.2 Å². The van der Waals surface area contributed by atoms with Crippen molar-refractivity contribution in [2.45, 2.75) is 32.5 Å². The largest absolute Gasteiger partial charge is 0.488 e. The quantitative estimate of drug-likeness (QED) is 0.251. The number of halogens is 3. The van der Waals surface area contributed by atoms with Crippen molar-refractivity contribution in [1.29, 1.82) is 0 Å². The van der Waals surface area contributed by atoms with Crippen molar-refractivity contribution < 1.29 is 27.4 Å². The number of fused-ring (bicyclic) bond motifs is 1. The van der Waals surface area contributed by atoms with Crippen LogP contribution in [0.5, 0.6) is 5.75 Å². The number of nitrogens with zero attached hydrogens (tertiary/aromatic N) is 1. The summed E-state index contributed by atoms with van der Waals surface area (Å²) in [6, 6.07) is 17.7. The van der Waals surface area contributed by atoms with Crippen molar-refractivity contribution in [2.24, 2.45) is 7.05 Å². The molecule has 0 spiro atoms. The molecule has 0 aliphatic carbocycles. The van der Waals surface area contributed by atoms with Gasteiger partial charge in [0.25, 0.3) is 0 Å². The molecule has 2 heterocycles. The Morgan fingerprint density at radius 3 is 2.53 bits per heavy atom. The van der Waals surface area contributed by atoms with E-state index in [2.05, 4.69) is 0 Å². The minimum absolute atomic E-state index is 0.0363. The van der Waals surface area contributed by atoms with Crippen molar-refractivity contribution in [3.8, 4) is 16.9 Å². The molecule has 34 heavy (non-hydrogen) atoms. The van der Waals surface area contributed by atoms with Gasteiger partial charge in [-0.1, -0.05) is 30.3 Å². The summed E-state index contributed by atoms with van der Waals surface area (Å²) in [7, 11) is 1.93. The molecular weight excluding hydrogens is 463 g/mol. The lowest BCUT2D eigenvalue weighted by molar-refractivity contribution is -0.143. The molecule has 0 bridgehead atoms. The molecule has 0 N–H and O–H groups in total. The number of carbonyl (C=O) groups excluding carboxylic acids is 1. The van der Waals surface area contributed by atoms with Gasteiger partial charge in [-0.25, -0.2) is 0 Å². The normalized spacial score (nSPS) is 11.7. The molecule has 2 aromatic heterocycles. The van der Waals surface area contributed by atoms with E-state index in [1.54, 1.807) is 49.4 Å². The van der Waals surface area contributed by atoms with Crippen LogP contribution in [-0.4, -0.2) is 17.1 Å². The molecule has 0 radical (unpaired) electrons. The van der Waals surface area contributed by atoms with Gasteiger partial charge in [0.05, 0.1) is 13.0 Å². The van der Waals surface area contributed by atoms with Gasteiger partial charge in [-0.3, -0.25) is 4.79 Å². The van der Waals surface area contributed by atoms with E-state index in [4.69, 9.17) is 9.47 Å². The van der Waals surface area contributed by atoms with Gasteiger partial charge in [0.2, 0.25) is 0 Å². The van der Waals surface area contributed by atoms with Gasteiger partial charge in [-0.05, 0) is 49.2 Å². The minimum atomic E-state index is -4.43. The van der Waals surface area contributed by atoms with E-state index in [1.807, 2.05) is 29.8 Å². The zero-order valence-electron chi connectivity index (χ0n) is 18.8. The average molecular weight is 488 g/mol. The number of alkyl halides is 3. The Labute approximate surface area is 199 Å². The van der Waals surface area contributed by atoms with Crippen LogP contribution in [0.2, 0.25) is 0 Å². The van der Waals surface area contributed by atoms with Crippen LogP contribution in [-0.2, 0) is 35.8 Å². The first-order valence-corrected chi connectivity index (χ1v) is 11.7. The first-order chi connectivity index (χ1) is 16.3. The number of thiophene rings is 1. The van der Waals surface area contributed by atoms with Crippen molar-refractivity contribution in [2.75, 3.05) is 6.61 Å². The lowest BCUT2D eigenvalue weighted by Crippen LogP contribution is -2.06. The third-order valence-electron chi connectivity index (χ3n) is 5.51. The Kier molecular flexibility index (Phi) is 6.97. The Hall–Kier alpha value is -3.26. The molecule has 4 aromatic rings. The van der Waals surface area contributed by atoms with Crippen molar-refractivity contribution in [1.82, 2.24) is 4.57 Å². The second-order valence-electron chi connectivity index (χ2n) is 7.83. The highest BCUT2D eigenvalue weighted by molar-refractivity contribution is 7.12. The topological polar surface area (TPSA) is 40.5 Å². The second-order valence-corrected chi connectivity index (χ2v) is 8.97. The summed E-state index contributed by atoms with van der Waals surface area (Å²) < 4.78 is 53.7. The monoisotopic (exact) mass is 487 g/mol. The summed E-state index contributed by atoms with van der Waals surface area (Å²) in [4.78, 5) is 11.5. The smallest absolute Gasteiger partial charge is 0.426 e. The van der Waals surface area contributed by atoms with Gasteiger partial charge < -0.3 is 14.0 Å². The molecule has 0 aliphatic heterocycles. The van der Waals surface area contributed by atoms with Gasteiger partial charge in [0.15, 0.2) is 0 Å². The van der Waals surface area contributed by atoms with E-state index >= 15 is 0 Å². The van der Waals surface area contributed by atoms with Gasteiger partial charge in [-0.2, -0.15) is 13.2 Å². The first kappa shape index (κ1) is 23.9. The van der Waals surface area contributed by atoms with Crippen molar-refractivity contribution in [3.05, 3.63) is 76.1 Å². The summed E-state index contributed by atoms with van der Waals surface area (Å²) in [5.41, 5.74) is 2.66. The molecule has 0 atom stereocenters. The second kappa shape index (κ2) is 9.93. The number of hydrogen-bond donors (Lipinski definition) is 0. The molecule has 8 heteroatoms. The van der Waals surface area contributed by atoms with Gasteiger partial charge >= 0.3 is 12.1 Å². The van der Waals surface area contributed by atoms with Crippen LogP contribution in [0.1, 0.15) is 28.8 Å². The molecule has 178 valence electrons. The Morgan fingerprint density at radius 1 is 1.06 bits per heavy atom. The lowest BCUT2D eigenvalue weighted by Gasteiger charge is -2.07. The van der Waals surface area contributed by atoms with E-state index in [1.165, 1.54) is 0 Å². The summed E-state index contributed by atoms with van der Waals surface area (Å²) in [6.07, 6.45) is -3.58. The van der Waals surface area contributed by atoms with E-state index in [9.17, 15) is 18.0 Å². The molecule has 0 saturated carbocycles. The van der Waals surface area contributed by atoms with E-state index < -0.39 is 11.1 Å². The maximum absolute atomic E-state index is 13.6. The molecule has 0 amide bonds. The third-order valence-corrected chi connectivity index (χ3v) is 6.66. The standard InChI is InChI=1S/C26H24F3NO3S/c1-3-32-24(31)12-9-19-13-18-14-20(10-11-23(18)30(19)2)33-16-21-15-22(17-7-5-4-6-8-17)25(34-21)26(27,28)29/h4-8,10-11,13-15H,3,9,12,16H2,1-2H3.